The Balaban J connectivity index is 1.72. The normalized spacial score (nSPS) is 19.6. The molecule has 0 saturated heterocycles. The third-order valence-electron chi connectivity index (χ3n) is 5.57. The Labute approximate surface area is 175 Å². The molecule has 9 heteroatoms. The van der Waals surface area contributed by atoms with Gasteiger partial charge in [-0.05, 0) is 35.2 Å². The summed E-state index contributed by atoms with van der Waals surface area (Å²) in [6, 6.07) is 15.3. The van der Waals surface area contributed by atoms with Crippen molar-refractivity contribution in [2.24, 2.45) is 5.16 Å². The molecule has 0 bridgehead atoms. The van der Waals surface area contributed by atoms with E-state index in [-0.39, 0.29) is 13.0 Å². The van der Waals surface area contributed by atoms with Crippen LogP contribution in [0.25, 0.3) is 11.1 Å². The molecule has 1 aliphatic rings. The fraction of sp³-hybridized carbons (Fsp3) is 0.381. The number of sulfone groups is 1. The summed E-state index contributed by atoms with van der Waals surface area (Å²) in [7, 11) is -3.71. The van der Waals surface area contributed by atoms with Crippen molar-refractivity contribution in [2.75, 3.05) is 6.26 Å². The Morgan fingerprint density at radius 1 is 1.20 bits per heavy atom. The molecule has 1 heterocycles. The summed E-state index contributed by atoms with van der Waals surface area (Å²) in [5, 5.41) is 32.4. The molecule has 1 unspecified atom stereocenters. The van der Waals surface area contributed by atoms with Crippen LogP contribution in [-0.2, 0) is 21.3 Å². The third-order valence-corrected chi connectivity index (χ3v) is 7.66. The number of nitrogens with zero attached hydrogens (tertiary/aromatic N) is 1. The standard InChI is InChI=1S/C21H26N2O6S/c1-21(20(25)22-26,30(2,27)28)12-18-11-19(23-29-18)16-8-6-15(7-9-16)17-5-3-4-14(10-17)13-24/h3-10,18,20,22,24-26H,11-13H2,1-2H3/t18-,20?,21-/m1/s1. The number of hydroxylamine groups is 1. The van der Waals surface area contributed by atoms with Gasteiger partial charge in [-0.3, -0.25) is 0 Å². The lowest BCUT2D eigenvalue weighted by Gasteiger charge is -2.32. The van der Waals surface area contributed by atoms with Gasteiger partial charge in [0.15, 0.2) is 9.84 Å². The average molecular weight is 435 g/mol. The van der Waals surface area contributed by atoms with Crippen LogP contribution >= 0.6 is 0 Å². The molecule has 0 saturated carbocycles. The molecule has 0 aliphatic carbocycles. The number of benzene rings is 2. The predicted molar refractivity (Wildman–Crippen MR) is 113 cm³/mol. The molecule has 1 aliphatic heterocycles. The summed E-state index contributed by atoms with van der Waals surface area (Å²) >= 11 is 0. The minimum absolute atomic E-state index is 0.0195. The smallest absolute Gasteiger partial charge is 0.156 e. The van der Waals surface area contributed by atoms with Crippen molar-refractivity contribution in [3.63, 3.8) is 0 Å². The van der Waals surface area contributed by atoms with E-state index in [4.69, 9.17) is 10.0 Å². The largest absolute Gasteiger partial charge is 0.392 e. The molecule has 30 heavy (non-hydrogen) atoms. The van der Waals surface area contributed by atoms with Crippen molar-refractivity contribution in [3.05, 3.63) is 59.7 Å². The van der Waals surface area contributed by atoms with Crippen LogP contribution in [0.15, 0.2) is 53.7 Å². The molecular weight excluding hydrogens is 408 g/mol. The van der Waals surface area contributed by atoms with E-state index in [0.29, 0.717) is 12.1 Å². The zero-order chi connectivity index (χ0) is 21.9. The molecule has 0 spiro atoms. The van der Waals surface area contributed by atoms with Gasteiger partial charge in [0.1, 0.15) is 17.1 Å². The topological polar surface area (TPSA) is 128 Å². The molecule has 3 rings (SSSR count). The minimum Gasteiger partial charge on any atom is -0.392 e. The van der Waals surface area contributed by atoms with E-state index in [1.54, 1.807) is 5.48 Å². The molecule has 2 aromatic rings. The van der Waals surface area contributed by atoms with Crippen molar-refractivity contribution >= 4 is 15.5 Å². The number of nitrogens with one attached hydrogen (secondary N) is 1. The fourth-order valence-corrected chi connectivity index (χ4v) is 4.41. The highest BCUT2D eigenvalue weighted by molar-refractivity contribution is 7.92. The van der Waals surface area contributed by atoms with Crippen LogP contribution < -0.4 is 5.48 Å². The summed E-state index contributed by atoms with van der Waals surface area (Å²) in [5.41, 5.74) is 5.97. The maximum absolute atomic E-state index is 12.2. The molecular formula is C21H26N2O6S. The zero-order valence-electron chi connectivity index (χ0n) is 16.8. The van der Waals surface area contributed by atoms with Crippen LogP contribution in [0.5, 0.6) is 0 Å². The maximum atomic E-state index is 12.2. The van der Waals surface area contributed by atoms with Gasteiger partial charge < -0.3 is 20.3 Å². The fourth-order valence-electron chi connectivity index (χ4n) is 3.47. The van der Waals surface area contributed by atoms with Crippen LogP contribution in [0.4, 0.5) is 0 Å². The van der Waals surface area contributed by atoms with Gasteiger partial charge in [0, 0.05) is 19.1 Å². The molecule has 162 valence electrons. The Morgan fingerprint density at radius 2 is 1.87 bits per heavy atom. The zero-order valence-corrected chi connectivity index (χ0v) is 17.6. The van der Waals surface area contributed by atoms with Crippen LogP contribution in [0.3, 0.4) is 0 Å². The van der Waals surface area contributed by atoms with Gasteiger partial charge in [-0.25, -0.2) is 8.42 Å². The summed E-state index contributed by atoms with van der Waals surface area (Å²) in [6.07, 6.45) is -0.866. The summed E-state index contributed by atoms with van der Waals surface area (Å²) < 4.78 is 22.7. The molecule has 4 N–H and O–H groups in total. The summed E-state index contributed by atoms with van der Waals surface area (Å²) in [4.78, 5) is 5.43. The van der Waals surface area contributed by atoms with Gasteiger partial charge in [0.2, 0.25) is 0 Å². The van der Waals surface area contributed by atoms with Crippen LogP contribution in [0.1, 0.15) is 30.9 Å². The number of rotatable bonds is 8. The van der Waals surface area contributed by atoms with Crippen molar-refractivity contribution in [3.8, 4) is 11.1 Å². The van der Waals surface area contributed by atoms with Gasteiger partial charge in [0.25, 0.3) is 0 Å². The number of aliphatic hydroxyl groups is 2. The summed E-state index contributed by atoms with van der Waals surface area (Å²) in [6.45, 7) is 1.33. The Hall–Kier alpha value is -2.30. The van der Waals surface area contributed by atoms with Gasteiger partial charge in [-0.15, -0.1) is 0 Å². The second-order valence-corrected chi connectivity index (χ2v) is 10.2. The molecule has 0 amide bonds. The van der Waals surface area contributed by atoms with Crippen LogP contribution in [0, 0.1) is 0 Å². The third kappa shape index (κ3) is 4.55. The number of hydrogen-bond donors (Lipinski definition) is 4. The highest BCUT2D eigenvalue weighted by Gasteiger charge is 2.46. The highest BCUT2D eigenvalue weighted by atomic mass is 32.2. The first kappa shape index (κ1) is 22.4. The first-order chi connectivity index (χ1) is 14.2. The van der Waals surface area contributed by atoms with E-state index in [9.17, 15) is 18.6 Å². The molecule has 2 aromatic carbocycles. The summed E-state index contributed by atoms with van der Waals surface area (Å²) in [5.74, 6) is 0. The number of aliphatic hydroxyl groups excluding tert-OH is 2. The van der Waals surface area contributed by atoms with Crippen molar-refractivity contribution in [1.29, 1.82) is 0 Å². The molecule has 3 atom stereocenters. The first-order valence-corrected chi connectivity index (χ1v) is 11.4. The van der Waals surface area contributed by atoms with Gasteiger partial charge in [0.05, 0.1) is 12.3 Å². The van der Waals surface area contributed by atoms with E-state index in [2.05, 4.69) is 5.16 Å². The van der Waals surface area contributed by atoms with Crippen LogP contribution in [0.2, 0.25) is 0 Å². The molecule has 0 aromatic heterocycles. The molecule has 8 nitrogen and oxygen atoms in total. The SMILES string of the molecule is C[C@@](C[C@H]1CC(c2ccc(-c3cccc(CO)c3)cc2)=NO1)(C(O)NO)S(C)(=O)=O. The monoisotopic (exact) mass is 434 g/mol. The van der Waals surface area contributed by atoms with Gasteiger partial charge in [-0.1, -0.05) is 47.6 Å². The van der Waals surface area contributed by atoms with Gasteiger partial charge in [-0.2, -0.15) is 5.48 Å². The van der Waals surface area contributed by atoms with Crippen molar-refractivity contribution < 1.29 is 28.7 Å². The second kappa shape index (κ2) is 8.83. The first-order valence-electron chi connectivity index (χ1n) is 9.48. The van der Waals surface area contributed by atoms with Crippen molar-refractivity contribution in [2.45, 2.75) is 43.5 Å². The molecule has 0 radical (unpaired) electrons. The Morgan fingerprint density at radius 3 is 2.47 bits per heavy atom. The predicted octanol–water partition coefficient (Wildman–Crippen LogP) is 1.83. The Bertz CT molecular complexity index is 1020. The Kier molecular flexibility index (Phi) is 6.59. The average Bonchev–Trinajstić information content (AvgIpc) is 3.20. The van der Waals surface area contributed by atoms with E-state index >= 15 is 0 Å². The lowest BCUT2D eigenvalue weighted by molar-refractivity contribution is -0.0355. The van der Waals surface area contributed by atoms with Gasteiger partial charge >= 0.3 is 0 Å². The van der Waals surface area contributed by atoms with E-state index < -0.39 is 26.9 Å². The molecule has 0 fully saturated rings. The highest BCUT2D eigenvalue weighted by Crippen LogP contribution is 2.31. The number of oxime groups is 1. The minimum atomic E-state index is -3.71. The maximum Gasteiger partial charge on any atom is 0.156 e. The van der Waals surface area contributed by atoms with E-state index in [1.165, 1.54) is 6.92 Å². The quantitative estimate of drug-likeness (QED) is 0.369. The van der Waals surface area contributed by atoms with Crippen LogP contribution in [-0.4, -0.2) is 52.9 Å². The van der Waals surface area contributed by atoms with E-state index in [1.807, 2.05) is 48.5 Å². The number of hydrogen-bond acceptors (Lipinski definition) is 8. The lowest BCUT2D eigenvalue weighted by atomic mass is 9.95. The van der Waals surface area contributed by atoms with Crippen molar-refractivity contribution in [1.82, 2.24) is 5.48 Å². The second-order valence-electron chi connectivity index (χ2n) is 7.73. The lowest BCUT2D eigenvalue weighted by Crippen LogP contribution is -2.54. The van der Waals surface area contributed by atoms with E-state index in [0.717, 1.165) is 28.5 Å².